The first-order valence-electron chi connectivity index (χ1n) is 6.70. The van der Waals surface area contributed by atoms with E-state index in [9.17, 15) is 14.7 Å². The smallest absolute Gasteiger partial charge is 0.330 e. The number of hydrogen-bond donors (Lipinski definition) is 1. The first kappa shape index (κ1) is 17.3. The van der Waals surface area contributed by atoms with Gasteiger partial charge in [-0.05, 0) is 34.9 Å². The zero-order valence-corrected chi connectivity index (χ0v) is 12.1. The molecule has 1 aromatic carbocycles. The number of nitriles is 1. The fourth-order valence-electron chi connectivity index (χ4n) is 1.74. The number of nitrogens with zero attached hydrogens (tertiary/aromatic N) is 1. The predicted molar refractivity (Wildman–Crippen MR) is 81.5 cm³/mol. The average molecular weight is 299 g/mol. The molecule has 114 valence electrons. The Morgan fingerprint density at radius 3 is 2.77 bits per heavy atom. The van der Waals surface area contributed by atoms with Crippen LogP contribution in [0.25, 0.3) is 6.08 Å². The van der Waals surface area contributed by atoms with Gasteiger partial charge in [0.25, 0.3) is 0 Å². The van der Waals surface area contributed by atoms with Crippen LogP contribution in [-0.4, -0.2) is 23.5 Å². The van der Waals surface area contributed by atoms with E-state index in [2.05, 4.69) is 6.58 Å². The van der Waals surface area contributed by atoms with Gasteiger partial charge in [-0.3, -0.25) is 4.79 Å². The van der Waals surface area contributed by atoms with Crippen LogP contribution in [0.1, 0.15) is 23.1 Å². The summed E-state index contributed by atoms with van der Waals surface area (Å²) in [7, 11) is 0. The first-order valence-corrected chi connectivity index (χ1v) is 6.70. The number of carbonyl (C=O) groups excluding carboxylic acids is 2. The second kappa shape index (κ2) is 9.27. The zero-order chi connectivity index (χ0) is 16.4. The standard InChI is InChI=1S/C17H17NO4/c1-2-16(20)11-14-6-4-13(10-15(14)12-19)5-7-17(21)22-9-3-8-18/h2,4-7,10,19H,1,3,9,11-12H2/b7-5+. The highest BCUT2D eigenvalue weighted by molar-refractivity contribution is 5.91. The molecule has 22 heavy (non-hydrogen) atoms. The molecule has 0 saturated heterocycles. The lowest BCUT2D eigenvalue weighted by molar-refractivity contribution is -0.137. The fraction of sp³-hybridized carbons (Fsp3) is 0.235. The molecule has 0 radical (unpaired) electrons. The highest BCUT2D eigenvalue weighted by atomic mass is 16.5. The Balaban J connectivity index is 2.76. The van der Waals surface area contributed by atoms with Crippen molar-refractivity contribution in [2.24, 2.45) is 0 Å². The van der Waals surface area contributed by atoms with E-state index in [1.165, 1.54) is 12.2 Å². The van der Waals surface area contributed by atoms with Crippen molar-refractivity contribution < 1.29 is 19.4 Å². The van der Waals surface area contributed by atoms with Crippen molar-refractivity contribution in [3.63, 3.8) is 0 Å². The Hall–Kier alpha value is -2.71. The van der Waals surface area contributed by atoms with Crippen LogP contribution in [0.4, 0.5) is 0 Å². The molecule has 1 aromatic rings. The summed E-state index contributed by atoms with van der Waals surface area (Å²) in [5, 5.41) is 17.7. The van der Waals surface area contributed by atoms with Crippen molar-refractivity contribution in [2.75, 3.05) is 6.61 Å². The highest BCUT2D eigenvalue weighted by Crippen LogP contribution is 2.15. The van der Waals surface area contributed by atoms with E-state index in [0.717, 1.165) is 5.56 Å². The summed E-state index contributed by atoms with van der Waals surface area (Å²) in [5.41, 5.74) is 2.05. The molecule has 0 atom stereocenters. The van der Waals surface area contributed by atoms with E-state index in [4.69, 9.17) is 10.00 Å². The monoisotopic (exact) mass is 299 g/mol. The van der Waals surface area contributed by atoms with Gasteiger partial charge >= 0.3 is 5.97 Å². The summed E-state index contributed by atoms with van der Waals surface area (Å²) < 4.78 is 4.80. The normalized spacial score (nSPS) is 10.2. The van der Waals surface area contributed by atoms with Crippen molar-refractivity contribution in [2.45, 2.75) is 19.4 Å². The third-order valence-corrected chi connectivity index (χ3v) is 2.86. The molecular weight excluding hydrogens is 282 g/mol. The Morgan fingerprint density at radius 1 is 1.36 bits per heavy atom. The molecule has 0 aliphatic rings. The number of ketones is 1. The molecule has 1 rings (SSSR count). The van der Waals surface area contributed by atoms with Gasteiger partial charge in [-0.2, -0.15) is 5.26 Å². The van der Waals surface area contributed by atoms with Gasteiger partial charge in [-0.1, -0.05) is 18.7 Å². The molecule has 0 amide bonds. The SMILES string of the molecule is C=CC(=O)Cc1ccc(/C=C/C(=O)OCCC#N)cc1CO. The number of aliphatic hydroxyl groups is 1. The Kier molecular flexibility index (Phi) is 7.31. The van der Waals surface area contributed by atoms with Gasteiger partial charge in [-0.25, -0.2) is 4.79 Å². The van der Waals surface area contributed by atoms with E-state index >= 15 is 0 Å². The van der Waals surface area contributed by atoms with Crippen LogP contribution < -0.4 is 0 Å². The van der Waals surface area contributed by atoms with E-state index in [0.29, 0.717) is 11.1 Å². The van der Waals surface area contributed by atoms with E-state index < -0.39 is 5.97 Å². The Labute approximate surface area is 129 Å². The Bertz CT molecular complexity index is 626. The van der Waals surface area contributed by atoms with Gasteiger partial charge in [0.05, 0.1) is 19.1 Å². The largest absolute Gasteiger partial charge is 0.461 e. The van der Waals surface area contributed by atoms with Crippen LogP contribution in [0, 0.1) is 11.3 Å². The van der Waals surface area contributed by atoms with Crippen molar-refractivity contribution in [3.8, 4) is 6.07 Å². The van der Waals surface area contributed by atoms with Gasteiger partial charge in [0, 0.05) is 12.5 Å². The van der Waals surface area contributed by atoms with Gasteiger partial charge < -0.3 is 9.84 Å². The number of benzene rings is 1. The number of hydrogen-bond acceptors (Lipinski definition) is 5. The second-order valence-corrected chi connectivity index (χ2v) is 4.44. The molecule has 0 aliphatic carbocycles. The van der Waals surface area contributed by atoms with Crippen LogP contribution in [0.15, 0.2) is 36.9 Å². The summed E-state index contributed by atoms with van der Waals surface area (Å²) in [6.45, 7) is 3.27. The summed E-state index contributed by atoms with van der Waals surface area (Å²) in [6.07, 6.45) is 4.38. The molecule has 0 saturated carbocycles. The summed E-state index contributed by atoms with van der Waals surface area (Å²) in [4.78, 5) is 22.8. The van der Waals surface area contributed by atoms with Gasteiger partial charge in [0.2, 0.25) is 0 Å². The van der Waals surface area contributed by atoms with Gasteiger partial charge in [0.1, 0.15) is 6.61 Å². The fourth-order valence-corrected chi connectivity index (χ4v) is 1.74. The lowest BCUT2D eigenvalue weighted by Crippen LogP contribution is -2.03. The quantitative estimate of drug-likeness (QED) is 0.450. The molecular formula is C17H17NO4. The third kappa shape index (κ3) is 5.73. The van der Waals surface area contributed by atoms with E-state index in [-0.39, 0.29) is 31.8 Å². The summed E-state index contributed by atoms with van der Waals surface area (Å²) in [6, 6.07) is 7.04. The number of allylic oxidation sites excluding steroid dienone is 1. The minimum absolute atomic E-state index is 0.0597. The number of aliphatic hydroxyl groups excluding tert-OH is 1. The summed E-state index contributed by atoms with van der Waals surface area (Å²) in [5.74, 6) is -0.661. The molecule has 1 N–H and O–H groups in total. The lowest BCUT2D eigenvalue weighted by Gasteiger charge is -2.07. The topological polar surface area (TPSA) is 87.4 Å². The number of esters is 1. The third-order valence-electron chi connectivity index (χ3n) is 2.86. The van der Waals surface area contributed by atoms with E-state index in [1.54, 1.807) is 24.3 Å². The van der Waals surface area contributed by atoms with Gasteiger partial charge in [0.15, 0.2) is 5.78 Å². The number of ether oxygens (including phenoxy) is 1. The molecule has 0 spiro atoms. The first-order chi connectivity index (χ1) is 10.6. The molecule has 0 unspecified atom stereocenters. The van der Waals surface area contributed by atoms with Crippen LogP contribution in [0.2, 0.25) is 0 Å². The molecule has 0 aromatic heterocycles. The van der Waals surface area contributed by atoms with Crippen molar-refractivity contribution in [3.05, 3.63) is 53.6 Å². The molecule has 0 aliphatic heterocycles. The molecule has 0 bridgehead atoms. The number of carbonyl (C=O) groups is 2. The average Bonchev–Trinajstić information content (AvgIpc) is 2.53. The van der Waals surface area contributed by atoms with Crippen molar-refractivity contribution >= 4 is 17.8 Å². The van der Waals surface area contributed by atoms with Crippen LogP contribution in [-0.2, 0) is 27.4 Å². The van der Waals surface area contributed by atoms with Crippen molar-refractivity contribution in [1.82, 2.24) is 0 Å². The predicted octanol–water partition coefficient (Wildman–Crippen LogP) is 1.95. The highest BCUT2D eigenvalue weighted by Gasteiger charge is 2.06. The maximum atomic E-state index is 11.4. The lowest BCUT2D eigenvalue weighted by atomic mass is 10.00. The zero-order valence-electron chi connectivity index (χ0n) is 12.1. The molecule has 0 fully saturated rings. The van der Waals surface area contributed by atoms with Crippen molar-refractivity contribution in [1.29, 1.82) is 5.26 Å². The maximum absolute atomic E-state index is 11.4. The minimum Gasteiger partial charge on any atom is -0.461 e. The van der Waals surface area contributed by atoms with Gasteiger partial charge in [-0.15, -0.1) is 0 Å². The molecule has 5 nitrogen and oxygen atoms in total. The minimum atomic E-state index is -0.535. The molecule has 5 heteroatoms. The van der Waals surface area contributed by atoms with Crippen LogP contribution in [0.5, 0.6) is 0 Å². The summed E-state index contributed by atoms with van der Waals surface area (Å²) >= 11 is 0. The molecule has 0 heterocycles. The van der Waals surface area contributed by atoms with Crippen LogP contribution >= 0.6 is 0 Å². The number of rotatable bonds is 8. The Morgan fingerprint density at radius 2 is 2.14 bits per heavy atom. The van der Waals surface area contributed by atoms with Crippen LogP contribution in [0.3, 0.4) is 0 Å². The second-order valence-electron chi connectivity index (χ2n) is 4.44. The maximum Gasteiger partial charge on any atom is 0.330 e. The van der Waals surface area contributed by atoms with E-state index in [1.807, 2.05) is 6.07 Å².